The van der Waals surface area contributed by atoms with Gasteiger partial charge in [-0.15, -0.1) is 0 Å². The number of halogens is 1. The number of carbonyl (C=O) groups excluding carboxylic acids is 1. The van der Waals surface area contributed by atoms with Crippen molar-refractivity contribution in [2.75, 3.05) is 5.32 Å². The van der Waals surface area contributed by atoms with Gasteiger partial charge in [0.1, 0.15) is 0 Å². The van der Waals surface area contributed by atoms with Crippen LogP contribution in [-0.4, -0.2) is 22.0 Å². The fraction of sp³-hybridized carbons (Fsp3) is 0.364. The Hall–Kier alpha value is -1.98. The molecule has 1 heterocycles. The zero-order chi connectivity index (χ0) is 13.0. The van der Waals surface area contributed by atoms with E-state index >= 15 is 0 Å². The van der Waals surface area contributed by atoms with Gasteiger partial charge in [-0.3, -0.25) is 14.6 Å². The van der Waals surface area contributed by atoms with E-state index < -0.39 is 29.5 Å². The number of anilines is 1. The van der Waals surface area contributed by atoms with E-state index in [2.05, 4.69) is 10.3 Å². The number of hydrogen-bond donors (Lipinski definition) is 2. The molecule has 0 spiro atoms. The van der Waals surface area contributed by atoms with E-state index in [0.29, 0.717) is 0 Å². The molecule has 2 unspecified atom stereocenters. The van der Waals surface area contributed by atoms with Crippen LogP contribution in [0.5, 0.6) is 0 Å². The molecule has 92 valence electrons. The predicted molar refractivity (Wildman–Crippen MR) is 58.8 cm³/mol. The van der Waals surface area contributed by atoms with Crippen LogP contribution < -0.4 is 5.32 Å². The van der Waals surface area contributed by atoms with E-state index in [1.165, 1.54) is 26.1 Å². The Morgan fingerprint density at radius 2 is 2.06 bits per heavy atom. The van der Waals surface area contributed by atoms with Crippen molar-refractivity contribution in [3.8, 4) is 0 Å². The second kappa shape index (κ2) is 5.38. The Kier molecular flexibility index (Phi) is 4.14. The summed E-state index contributed by atoms with van der Waals surface area (Å²) < 4.78 is 13.2. The number of aliphatic carboxylic acids is 1. The van der Waals surface area contributed by atoms with Gasteiger partial charge >= 0.3 is 5.97 Å². The fourth-order valence-electron chi connectivity index (χ4n) is 1.16. The largest absolute Gasteiger partial charge is 0.481 e. The lowest BCUT2D eigenvalue weighted by Gasteiger charge is -2.15. The Bertz CT molecular complexity index is 436. The van der Waals surface area contributed by atoms with Crippen LogP contribution in [0, 0.1) is 17.7 Å². The lowest BCUT2D eigenvalue weighted by atomic mass is 9.95. The maximum Gasteiger partial charge on any atom is 0.307 e. The SMILES string of the molecule is CC(C(=O)O)C(C)C(=O)Nc1ccncc1F. The molecule has 0 saturated heterocycles. The standard InChI is InChI=1S/C11H13FN2O3/c1-6(7(2)11(16)17)10(15)14-9-3-4-13-5-8(9)12/h3-7H,1-2H3,(H,16,17)(H,13,14,15). The van der Waals surface area contributed by atoms with Gasteiger partial charge in [-0.05, 0) is 6.07 Å². The quantitative estimate of drug-likeness (QED) is 0.836. The first kappa shape index (κ1) is 13.1. The highest BCUT2D eigenvalue weighted by Gasteiger charge is 2.26. The van der Waals surface area contributed by atoms with Crippen LogP contribution >= 0.6 is 0 Å². The molecule has 17 heavy (non-hydrogen) atoms. The highest BCUT2D eigenvalue weighted by Crippen LogP contribution is 2.16. The van der Waals surface area contributed by atoms with Gasteiger partial charge < -0.3 is 10.4 Å². The number of nitrogens with zero attached hydrogens (tertiary/aromatic N) is 1. The molecule has 1 rings (SSSR count). The maximum atomic E-state index is 13.2. The summed E-state index contributed by atoms with van der Waals surface area (Å²) in [6.07, 6.45) is 2.31. The molecule has 0 aliphatic carbocycles. The average Bonchev–Trinajstić information content (AvgIpc) is 2.30. The Labute approximate surface area is 97.7 Å². The van der Waals surface area contributed by atoms with Gasteiger partial charge in [-0.2, -0.15) is 0 Å². The summed E-state index contributed by atoms with van der Waals surface area (Å²) in [5.41, 5.74) is -0.00515. The smallest absolute Gasteiger partial charge is 0.307 e. The second-order valence-electron chi connectivity index (χ2n) is 3.76. The summed E-state index contributed by atoms with van der Waals surface area (Å²) in [6.45, 7) is 2.91. The van der Waals surface area contributed by atoms with Crippen molar-refractivity contribution >= 4 is 17.6 Å². The van der Waals surface area contributed by atoms with Crippen LogP contribution in [-0.2, 0) is 9.59 Å². The molecule has 1 aromatic heterocycles. The van der Waals surface area contributed by atoms with Crippen LogP contribution in [0.3, 0.4) is 0 Å². The zero-order valence-corrected chi connectivity index (χ0v) is 9.48. The number of carbonyl (C=O) groups is 2. The molecular formula is C11H13FN2O3. The third-order valence-electron chi connectivity index (χ3n) is 2.58. The average molecular weight is 240 g/mol. The molecule has 6 heteroatoms. The monoisotopic (exact) mass is 240 g/mol. The Morgan fingerprint density at radius 3 is 2.59 bits per heavy atom. The third kappa shape index (κ3) is 3.24. The number of carboxylic acid groups (broad SMARTS) is 1. The normalized spacial score (nSPS) is 13.8. The van der Waals surface area contributed by atoms with Gasteiger partial charge in [-0.1, -0.05) is 13.8 Å². The van der Waals surface area contributed by atoms with Crippen LogP contribution in [0.4, 0.5) is 10.1 Å². The van der Waals surface area contributed by atoms with E-state index in [-0.39, 0.29) is 5.69 Å². The molecule has 0 aliphatic heterocycles. The number of amides is 1. The first-order valence-corrected chi connectivity index (χ1v) is 5.06. The molecule has 1 amide bonds. The summed E-state index contributed by atoms with van der Waals surface area (Å²) >= 11 is 0. The topological polar surface area (TPSA) is 79.3 Å². The minimum absolute atomic E-state index is 0.00515. The Morgan fingerprint density at radius 1 is 1.41 bits per heavy atom. The van der Waals surface area contributed by atoms with Crippen molar-refractivity contribution in [1.29, 1.82) is 0 Å². The number of carboxylic acids is 1. The van der Waals surface area contributed by atoms with Crippen molar-refractivity contribution in [3.63, 3.8) is 0 Å². The second-order valence-corrected chi connectivity index (χ2v) is 3.76. The molecule has 5 nitrogen and oxygen atoms in total. The molecule has 2 atom stereocenters. The van der Waals surface area contributed by atoms with Crippen LogP contribution in [0.15, 0.2) is 18.5 Å². The minimum Gasteiger partial charge on any atom is -0.481 e. The maximum absolute atomic E-state index is 13.2. The minimum atomic E-state index is -1.07. The van der Waals surface area contributed by atoms with E-state index in [1.807, 2.05) is 0 Å². The first-order valence-electron chi connectivity index (χ1n) is 5.06. The highest BCUT2D eigenvalue weighted by molar-refractivity contribution is 5.94. The lowest BCUT2D eigenvalue weighted by molar-refractivity contribution is -0.145. The van der Waals surface area contributed by atoms with Crippen molar-refractivity contribution in [1.82, 2.24) is 4.98 Å². The summed E-state index contributed by atoms with van der Waals surface area (Å²) in [4.78, 5) is 25.9. The summed E-state index contributed by atoms with van der Waals surface area (Å²) in [5.74, 6) is -3.84. The van der Waals surface area contributed by atoms with Crippen molar-refractivity contribution in [2.45, 2.75) is 13.8 Å². The van der Waals surface area contributed by atoms with Gasteiger partial charge in [0.05, 0.1) is 17.8 Å². The summed E-state index contributed by atoms with van der Waals surface area (Å²) in [6, 6.07) is 1.31. The van der Waals surface area contributed by atoms with Gasteiger partial charge in [0.2, 0.25) is 5.91 Å². The van der Waals surface area contributed by atoms with E-state index in [0.717, 1.165) is 6.20 Å². The van der Waals surface area contributed by atoms with Crippen LogP contribution in [0.25, 0.3) is 0 Å². The molecule has 0 saturated carbocycles. The molecule has 0 radical (unpaired) electrons. The molecule has 0 aromatic carbocycles. The molecule has 0 aliphatic rings. The summed E-state index contributed by atoms with van der Waals surface area (Å²) in [5, 5.41) is 11.1. The molecule has 1 aromatic rings. The van der Waals surface area contributed by atoms with E-state index in [1.54, 1.807) is 0 Å². The number of hydrogen-bond acceptors (Lipinski definition) is 3. The van der Waals surface area contributed by atoms with Crippen molar-refractivity contribution < 1.29 is 19.1 Å². The van der Waals surface area contributed by atoms with Gasteiger partial charge in [-0.25, -0.2) is 4.39 Å². The van der Waals surface area contributed by atoms with Gasteiger partial charge in [0, 0.05) is 12.1 Å². The van der Waals surface area contributed by atoms with E-state index in [9.17, 15) is 14.0 Å². The highest BCUT2D eigenvalue weighted by atomic mass is 19.1. The molecule has 0 bridgehead atoms. The predicted octanol–water partition coefficient (Wildman–Crippen LogP) is 1.52. The number of aromatic nitrogens is 1. The van der Waals surface area contributed by atoms with Crippen molar-refractivity contribution in [3.05, 3.63) is 24.3 Å². The van der Waals surface area contributed by atoms with E-state index in [4.69, 9.17) is 5.11 Å². The van der Waals surface area contributed by atoms with Crippen LogP contribution in [0.2, 0.25) is 0 Å². The molecule has 0 fully saturated rings. The lowest BCUT2D eigenvalue weighted by Crippen LogP contribution is -2.30. The first-order chi connectivity index (χ1) is 7.93. The number of nitrogens with one attached hydrogen (secondary N) is 1. The van der Waals surface area contributed by atoms with Gasteiger partial charge in [0.25, 0.3) is 0 Å². The summed E-state index contributed by atoms with van der Waals surface area (Å²) in [7, 11) is 0. The van der Waals surface area contributed by atoms with Crippen molar-refractivity contribution in [2.24, 2.45) is 11.8 Å². The van der Waals surface area contributed by atoms with Crippen LogP contribution in [0.1, 0.15) is 13.8 Å². The molecular weight excluding hydrogens is 227 g/mol. The van der Waals surface area contributed by atoms with Gasteiger partial charge in [0.15, 0.2) is 5.82 Å². The third-order valence-corrected chi connectivity index (χ3v) is 2.58. The molecule has 2 N–H and O–H groups in total. The fourth-order valence-corrected chi connectivity index (χ4v) is 1.16. The number of pyridine rings is 1. The number of rotatable bonds is 4. The Balaban J connectivity index is 2.73. The zero-order valence-electron chi connectivity index (χ0n) is 9.48.